The lowest BCUT2D eigenvalue weighted by Crippen LogP contribution is -2.09. The second-order valence-corrected chi connectivity index (χ2v) is 5.26. The van der Waals surface area contributed by atoms with Gasteiger partial charge in [0.25, 0.3) is 0 Å². The van der Waals surface area contributed by atoms with Crippen molar-refractivity contribution in [2.45, 2.75) is 32.4 Å². The molecule has 0 aliphatic rings. The summed E-state index contributed by atoms with van der Waals surface area (Å²) in [5, 5.41) is 2.74. The van der Waals surface area contributed by atoms with Crippen LogP contribution in [0, 0.1) is 0 Å². The summed E-state index contributed by atoms with van der Waals surface area (Å²) in [4.78, 5) is 4.47. The minimum absolute atomic E-state index is 0.0701. The molecule has 0 radical (unpaired) electrons. The van der Waals surface area contributed by atoms with Crippen molar-refractivity contribution < 1.29 is 13.5 Å². The monoisotopic (exact) mass is 298 g/mol. The number of thiazole rings is 1. The molecule has 0 saturated carbocycles. The molecule has 108 valence electrons. The third-order valence-corrected chi connectivity index (χ3v) is 3.77. The average molecular weight is 298 g/mol. The van der Waals surface area contributed by atoms with Crippen LogP contribution in [0.4, 0.5) is 8.78 Å². The van der Waals surface area contributed by atoms with Gasteiger partial charge in [0, 0.05) is 10.9 Å². The smallest absolute Gasteiger partial charge is 0.387 e. The average Bonchev–Trinajstić information content (AvgIpc) is 2.88. The van der Waals surface area contributed by atoms with Crippen LogP contribution in [-0.2, 0) is 0 Å². The molecule has 1 aromatic heterocycles. The minimum atomic E-state index is -2.82. The van der Waals surface area contributed by atoms with E-state index in [0.29, 0.717) is 0 Å². The molecule has 1 aromatic carbocycles. The Morgan fingerprint density at radius 2 is 2.20 bits per heavy atom. The molecule has 0 aliphatic heterocycles. The zero-order chi connectivity index (χ0) is 14.5. The van der Waals surface area contributed by atoms with Crippen LogP contribution in [0.1, 0.15) is 30.8 Å². The highest BCUT2D eigenvalue weighted by Gasteiger charge is 2.12. The highest BCUT2D eigenvalue weighted by molar-refractivity contribution is 7.10. The highest BCUT2D eigenvalue weighted by atomic mass is 32.1. The van der Waals surface area contributed by atoms with E-state index in [2.05, 4.69) is 16.6 Å². The van der Waals surface area contributed by atoms with Crippen LogP contribution >= 0.6 is 11.3 Å². The van der Waals surface area contributed by atoms with Crippen LogP contribution in [0.15, 0.2) is 29.6 Å². The van der Waals surface area contributed by atoms with Gasteiger partial charge in [-0.3, -0.25) is 0 Å². The summed E-state index contributed by atoms with van der Waals surface area (Å²) >= 11 is 1.49. The van der Waals surface area contributed by atoms with Crippen molar-refractivity contribution in [2.24, 2.45) is 5.73 Å². The van der Waals surface area contributed by atoms with Gasteiger partial charge in [-0.1, -0.05) is 25.5 Å². The summed E-state index contributed by atoms with van der Waals surface area (Å²) < 4.78 is 28.8. The maximum Gasteiger partial charge on any atom is 0.387 e. The van der Waals surface area contributed by atoms with Gasteiger partial charge in [-0.25, -0.2) is 4.98 Å². The summed E-state index contributed by atoms with van der Waals surface area (Å²) in [6.45, 7) is -0.756. The number of nitrogens with two attached hydrogens (primary N) is 1. The Morgan fingerprint density at radius 3 is 2.90 bits per heavy atom. The van der Waals surface area contributed by atoms with Gasteiger partial charge in [0.1, 0.15) is 10.8 Å². The fraction of sp³-hybridized carbons (Fsp3) is 0.357. The molecule has 2 aromatic rings. The van der Waals surface area contributed by atoms with Crippen LogP contribution in [-0.4, -0.2) is 11.6 Å². The van der Waals surface area contributed by atoms with Gasteiger partial charge in [-0.15, -0.1) is 11.3 Å². The van der Waals surface area contributed by atoms with Crippen molar-refractivity contribution >= 4 is 11.3 Å². The van der Waals surface area contributed by atoms with Gasteiger partial charge in [0.15, 0.2) is 0 Å². The van der Waals surface area contributed by atoms with Crippen LogP contribution < -0.4 is 10.5 Å². The number of ether oxygens (including phenoxy) is 1. The summed E-state index contributed by atoms with van der Waals surface area (Å²) in [5.41, 5.74) is 7.49. The number of aromatic nitrogens is 1. The van der Waals surface area contributed by atoms with Gasteiger partial charge in [0.05, 0.1) is 11.7 Å². The van der Waals surface area contributed by atoms with Gasteiger partial charge in [-0.2, -0.15) is 8.78 Å². The van der Waals surface area contributed by atoms with E-state index in [4.69, 9.17) is 5.73 Å². The third-order valence-electron chi connectivity index (χ3n) is 2.79. The van der Waals surface area contributed by atoms with E-state index in [-0.39, 0.29) is 11.8 Å². The molecule has 1 atom stereocenters. The Bertz CT molecular complexity index is 560. The van der Waals surface area contributed by atoms with Crippen molar-refractivity contribution in [3.05, 3.63) is 34.7 Å². The third kappa shape index (κ3) is 3.74. The molecule has 2 rings (SSSR count). The SMILES string of the molecule is CCCC(N)c1nc(-c2cccc(OC(F)F)c2)cs1. The standard InChI is InChI=1S/C14H16F2N2OS/c1-2-4-11(17)13-18-12(8-20-13)9-5-3-6-10(7-9)19-14(15)16/h3,5-8,11,14H,2,4,17H2,1H3. The maximum absolute atomic E-state index is 12.2. The Hall–Kier alpha value is -1.53. The molecule has 0 aliphatic carbocycles. The van der Waals surface area contributed by atoms with Crippen molar-refractivity contribution in [2.75, 3.05) is 0 Å². The largest absolute Gasteiger partial charge is 0.435 e. The first-order valence-electron chi connectivity index (χ1n) is 6.36. The molecule has 3 nitrogen and oxygen atoms in total. The van der Waals surface area contributed by atoms with Crippen molar-refractivity contribution in [3.8, 4) is 17.0 Å². The molecule has 1 heterocycles. The minimum Gasteiger partial charge on any atom is -0.435 e. The predicted octanol–water partition coefficient (Wildman–Crippen LogP) is 4.21. The fourth-order valence-electron chi connectivity index (χ4n) is 1.86. The molecular weight excluding hydrogens is 282 g/mol. The first kappa shape index (κ1) is 14.9. The number of rotatable bonds is 6. The Balaban J connectivity index is 2.19. The molecule has 0 amide bonds. The lowest BCUT2D eigenvalue weighted by atomic mass is 10.1. The van der Waals surface area contributed by atoms with Crippen LogP contribution in [0.3, 0.4) is 0 Å². The lowest BCUT2D eigenvalue weighted by molar-refractivity contribution is -0.0498. The first-order valence-corrected chi connectivity index (χ1v) is 7.24. The quantitative estimate of drug-likeness (QED) is 0.869. The number of hydrogen-bond acceptors (Lipinski definition) is 4. The molecular formula is C14H16F2N2OS. The van der Waals surface area contributed by atoms with Gasteiger partial charge >= 0.3 is 6.61 Å². The zero-order valence-electron chi connectivity index (χ0n) is 11.1. The van der Waals surface area contributed by atoms with Crippen molar-refractivity contribution in [1.82, 2.24) is 4.98 Å². The van der Waals surface area contributed by atoms with E-state index < -0.39 is 6.61 Å². The molecule has 1 unspecified atom stereocenters. The van der Waals surface area contributed by atoms with E-state index in [1.165, 1.54) is 17.4 Å². The van der Waals surface area contributed by atoms with E-state index in [0.717, 1.165) is 29.1 Å². The van der Waals surface area contributed by atoms with Gasteiger partial charge in [-0.05, 0) is 18.6 Å². The zero-order valence-corrected chi connectivity index (χ0v) is 11.9. The van der Waals surface area contributed by atoms with Crippen LogP contribution in [0.25, 0.3) is 11.3 Å². The van der Waals surface area contributed by atoms with Crippen molar-refractivity contribution in [1.29, 1.82) is 0 Å². The number of benzene rings is 1. The molecule has 6 heteroatoms. The maximum atomic E-state index is 12.2. The molecule has 0 bridgehead atoms. The summed E-state index contributed by atoms with van der Waals surface area (Å²) in [6.07, 6.45) is 1.87. The summed E-state index contributed by atoms with van der Waals surface area (Å²) in [5.74, 6) is 0.130. The van der Waals surface area contributed by atoms with E-state index in [9.17, 15) is 8.78 Å². The number of alkyl halides is 2. The molecule has 0 spiro atoms. The van der Waals surface area contributed by atoms with Gasteiger partial charge < -0.3 is 10.5 Å². The normalized spacial score (nSPS) is 12.7. The second-order valence-electron chi connectivity index (χ2n) is 4.37. The first-order chi connectivity index (χ1) is 9.60. The summed E-state index contributed by atoms with van der Waals surface area (Å²) in [7, 11) is 0. The Morgan fingerprint density at radius 1 is 1.40 bits per heavy atom. The Labute approximate surface area is 120 Å². The molecule has 20 heavy (non-hydrogen) atoms. The lowest BCUT2D eigenvalue weighted by Gasteiger charge is -2.06. The van der Waals surface area contributed by atoms with Crippen LogP contribution in [0.5, 0.6) is 5.75 Å². The number of hydrogen-bond donors (Lipinski definition) is 1. The predicted molar refractivity (Wildman–Crippen MR) is 76.0 cm³/mol. The van der Waals surface area contributed by atoms with E-state index in [1.807, 2.05) is 11.4 Å². The van der Waals surface area contributed by atoms with E-state index in [1.54, 1.807) is 12.1 Å². The number of halogens is 2. The second kappa shape index (κ2) is 6.76. The summed E-state index contributed by atoms with van der Waals surface area (Å²) in [6, 6.07) is 6.45. The Kier molecular flexibility index (Phi) is 5.03. The van der Waals surface area contributed by atoms with Crippen molar-refractivity contribution in [3.63, 3.8) is 0 Å². The molecule has 0 saturated heterocycles. The number of nitrogens with zero attached hydrogens (tertiary/aromatic N) is 1. The van der Waals surface area contributed by atoms with Gasteiger partial charge in [0.2, 0.25) is 0 Å². The molecule has 2 N–H and O–H groups in total. The van der Waals surface area contributed by atoms with E-state index >= 15 is 0 Å². The molecule has 0 fully saturated rings. The highest BCUT2D eigenvalue weighted by Crippen LogP contribution is 2.28. The van der Waals surface area contributed by atoms with Crippen LogP contribution in [0.2, 0.25) is 0 Å². The topological polar surface area (TPSA) is 48.1 Å². The fourth-order valence-corrected chi connectivity index (χ4v) is 2.72.